The van der Waals surface area contributed by atoms with Gasteiger partial charge in [0, 0.05) is 50.3 Å². The highest BCUT2D eigenvalue weighted by atomic mass is 16.3. The van der Waals surface area contributed by atoms with E-state index in [1.54, 1.807) is 6.92 Å². The van der Waals surface area contributed by atoms with Crippen LogP contribution in [0.4, 0.5) is 5.69 Å². The summed E-state index contributed by atoms with van der Waals surface area (Å²) in [5.41, 5.74) is 3.39. The van der Waals surface area contributed by atoms with Crippen molar-refractivity contribution in [2.75, 3.05) is 31.1 Å². The second-order valence-electron chi connectivity index (χ2n) is 7.05. The average molecular weight is 377 g/mol. The molecule has 1 aliphatic heterocycles. The highest BCUT2D eigenvalue weighted by Gasteiger charge is 2.21. The van der Waals surface area contributed by atoms with Crippen LogP contribution in [-0.2, 0) is 11.2 Å². The van der Waals surface area contributed by atoms with Gasteiger partial charge in [-0.3, -0.25) is 9.59 Å². The first-order chi connectivity index (χ1) is 13.6. The molecule has 1 fully saturated rings. The first-order valence-corrected chi connectivity index (χ1v) is 9.58. The molecule has 0 saturated carbocycles. The van der Waals surface area contributed by atoms with Crippen molar-refractivity contribution in [2.45, 2.75) is 19.8 Å². The Kier molecular flexibility index (Phi) is 5.10. The van der Waals surface area contributed by atoms with E-state index in [0.717, 1.165) is 35.4 Å². The van der Waals surface area contributed by atoms with Crippen molar-refractivity contribution in [3.63, 3.8) is 0 Å². The number of Topliss-reactive ketones (excluding diaryl/α,β-unsaturated/α-hetero) is 1. The zero-order chi connectivity index (χ0) is 19.5. The standard InChI is InChI=1S/C22H23N3O3/c1-16(26)17-6-8-18(9-7-17)24-12-14-25(15-13-24)22(27)11-10-21-23-19-4-2-3-5-20(19)28-21/h2-9H,10-15H2,1H3. The van der Waals surface area contributed by atoms with Gasteiger partial charge in [0.05, 0.1) is 0 Å². The van der Waals surface area contributed by atoms with Crippen molar-refractivity contribution in [1.82, 2.24) is 9.88 Å². The Morgan fingerprint density at radius 1 is 1.00 bits per heavy atom. The number of benzene rings is 2. The molecule has 2 aromatic carbocycles. The molecular formula is C22H23N3O3. The highest BCUT2D eigenvalue weighted by Crippen LogP contribution is 2.19. The van der Waals surface area contributed by atoms with Crippen molar-refractivity contribution in [2.24, 2.45) is 0 Å². The molecule has 1 aliphatic rings. The summed E-state index contributed by atoms with van der Waals surface area (Å²) in [7, 11) is 0. The molecule has 2 heterocycles. The topological polar surface area (TPSA) is 66.7 Å². The van der Waals surface area contributed by atoms with Gasteiger partial charge >= 0.3 is 0 Å². The second kappa shape index (κ2) is 7.84. The van der Waals surface area contributed by atoms with Crippen LogP contribution in [-0.4, -0.2) is 47.8 Å². The van der Waals surface area contributed by atoms with E-state index in [1.165, 1.54) is 0 Å². The monoisotopic (exact) mass is 377 g/mol. The van der Waals surface area contributed by atoms with Crippen LogP contribution >= 0.6 is 0 Å². The largest absolute Gasteiger partial charge is 0.441 e. The lowest BCUT2D eigenvalue weighted by Gasteiger charge is -2.36. The molecule has 0 bridgehead atoms. The first kappa shape index (κ1) is 18.2. The molecule has 0 unspecified atom stereocenters. The number of carbonyl (C=O) groups is 2. The lowest BCUT2D eigenvalue weighted by Crippen LogP contribution is -2.48. The van der Waals surface area contributed by atoms with E-state index in [2.05, 4.69) is 9.88 Å². The predicted molar refractivity (Wildman–Crippen MR) is 108 cm³/mol. The SMILES string of the molecule is CC(=O)c1ccc(N2CCN(C(=O)CCc3nc4ccccc4o3)CC2)cc1. The number of hydrogen-bond donors (Lipinski definition) is 0. The molecule has 6 nitrogen and oxygen atoms in total. The number of para-hydroxylation sites is 2. The first-order valence-electron chi connectivity index (χ1n) is 9.58. The van der Waals surface area contributed by atoms with Gasteiger partial charge in [0.25, 0.3) is 0 Å². The summed E-state index contributed by atoms with van der Waals surface area (Å²) in [6.07, 6.45) is 0.917. The maximum atomic E-state index is 12.5. The lowest BCUT2D eigenvalue weighted by atomic mass is 10.1. The minimum atomic E-state index is 0.0703. The molecule has 28 heavy (non-hydrogen) atoms. The Morgan fingerprint density at radius 2 is 1.71 bits per heavy atom. The highest BCUT2D eigenvalue weighted by molar-refractivity contribution is 5.94. The lowest BCUT2D eigenvalue weighted by molar-refractivity contribution is -0.131. The van der Waals surface area contributed by atoms with E-state index in [9.17, 15) is 9.59 Å². The number of fused-ring (bicyclic) bond motifs is 1. The summed E-state index contributed by atoms with van der Waals surface area (Å²) in [5.74, 6) is 0.813. The minimum Gasteiger partial charge on any atom is -0.441 e. The molecule has 6 heteroatoms. The summed E-state index contributed by atoms with van der Waals surface area (Å²) < 4.78 is 5.69. The van der Waals surface area contributed by atoms with Crippen molar-refractivity contribution in [3.05, 3.63) is 60.0 Å². The maximum absolute atomic E-state index is 12.5. The van der Waals surface area contributed by atoms with Crippen molar-refractivity contribution in [1.29, 1.82) is 0 Å². The van der Waals surface area contributed by atoms with E-state index >= 15 is 0 Å². The Hall–Kier alpha value is -3.15. The van der Waals surface area contributed by atoms with Gasteiger partial charge in [-0.2, -0.15) is 0 Å². The second-order valence-corrected chi connectivity index (χ2v) is 7.05. The third-order valence-electron chi connectivity index (χ3n) is 5.16. The fourth-order valence-corrected chi connectivity index (χ4v) is 3.52. The number of anilines is 1. The Morgan fingerprint density at radius 3 is 2.39 bits per heavy atom. The number of aromatic nitrogens is 1. The molecule has 1 aromatic heterocycles. The van der Waals surface area contributed by atoms with Crippen molar-refractivity contribution < 1.29 is 14.0 Å². The van der Waals surface area contributed by atoms with Crippen LogP contribution in [0.25, 0.3) is 11.1 Å². The summed E-state index contributed by atoms with van der Waals surface area (Å²) in [5, 5.41) is 0. The zero-order valence-corrected chi connectivity index (χ0v) is 15.9. The summed E-state index contributed by atoms with van der Waals surface area (Å²) in [6, 6.07) is 15.3. The molecule has 3 aromatic rings. The fraction of sp³-hybridized carbons (Fsp3) is 0.318. The van der Waals surface area contributed by atoms with Crippen LogP contribution in [0.15, 0.2) is 52.9 Å². The van der Waals surface area contributed by atoms with Gasteiger partial charge in [0.2, 0.25) is 5.91 Å². The number of nitrogens with zero attached hydrogens (tertiary/aromatic N) is 3. The number of piperazine rings is 1. The molecule has 1 amide bonds. The van der Waals surface area contributed by atoms with Gasteiger partial charge in [-0.25, -0.2) is 4.98 Å². The van der Waals surface area contributed by atoms with Gasteiger partial charge in [0.15, 0.2) is 17.3 Å². The molecule has 4 rings (SSSR count). The quantitative estimate of drug-likeness (QED) is 0.638. The minimum absolute atomic E-state index is 0.0703. The van der Waals surface area contributed by atoms with Gasteiger partial charge < -0.3 is 14.2 Å². The third-order valence-corrected chi connectivity index (χ3v) is 5.16. The Bertz CT molecular complexity index is 953. The number of oxazole rings is 1. The molecule has 0 spiro atoms. The molecule has 0 aliphatic carbocycles. The van der Waals surface area contributed by atoms with E-state index in [4.69, 9.17) is 4.42 Å². The Balaban J connectivity index is 1.29. The van der Waals surface area contributed by atoms with Gasteiger partial charge in [0.1, 0.15) is 5.52 Å². The predicted octanol–water partition coefficient (Wildman–Crippen LogP) is 3.31. The van der Waals surface area contributed by atoms with E-state index < -0.39 is 0 Å². The van der Waals surface area contributed by atoms with Gasteiger partial charge in [-0.05, 0) is 43.3 Å². The molecule has 1 saturated heterocycles. The van der Waals surface area contributed by atoms with Crippen LogP contribution < -0.4 is 4.90 Å². The summed E-state index contributed by atoms with van der Waals surface area (Å²) in [6.45, 7) is 4.53. The van der Waals surface area contributed by atoms with E-state index in [-0.39, 0.29) is 11.7 Å². The molecule has 0 radical (unpaired) electrons. The van der Waals surface area contributed by atoms with Crippen molar-refractivity contribution >= 4 is 28.5 Å². The van der Waals surface area contributed by atoms with Crippen LogP contribution in [0.1, 0.15) is 29.6 Å². The zero-order valence-electron chi connectivity index (χ0n) is 15.9. The summed E-state index contributed by atoms with van der Waals surface area (Å²) >= 11 is 0. The molecule has 0 atom stereocenters. The number of amides is 1. The number of ketones is 1. The van der Waals surface area contributed by atoms with Crippen LogP contribution in [0.5, 0.6) is 0 Å². The van der Waals surface area contributed by atoms with Crippen LogP contribution in [0.2, 0.25) is 0 Å². The van der Waals surface area contributed by atoms with Gasteiger partial charge in [-0.15, -0.1) is 0 Å². The molecule has 144 valence electrons. The van der Waals surface area contributed by atoms with Crippen LogP contribution in [0.3, 0.4) is 0 Å². The molecular weight excluding hydrogens is 354 g/mol. The number of hydrogen-bond acceptors (Lipinski definition) is 5. The van der Waals surface area contributed by atoms with Crippen molar-refractivity contribution in [3.8, 4) is 0 Å². The van der Waals surface area contributed by atoms with E-state index in [1.807, 2.05) is 53.4 Å². The van der Waals surface area contributed by atoms with Crippen LogP contribution in [0, 0.1) is 0 Å². The fourth-order valence-electron chi connectivity index (χ4n) is 3.52. The maximum Gasteiger partial charge on any atom is 0.223 e. The normalized spacial score (nSPS) is 14.5. The number of carbonyl (C=O) groups excluding carboxylic acids is 2. The number of rotatable bonds is 5. The van der Waals surface area contributed by atoms with E-state index in [0.29, 0.717) is 31.8 Å². The average Bonchev–Trinajstić information content (AvgIpc) is 3.15. The van der Waals surface area contributed by atoms with Gasteiger partial charge in [-0.1, -0.05) is 12.1 Å². The number of aryl methyl sites for hydroxylation is 1. The molecule has 0 N–H and O–H groups in total. The smallest absolute Gasteiger partial charge is 0.223 e. The summed E-state index contributed by atoms with van der Waals surface area (Å²) in [4.78, 5) is 32.5. The Labute approximate surface area is 163 Å². The third kappa shape index (κ3) is 3.91.